The number of hydrogen-bond donors (Lipinski definition) is 1. The molecule has 0 saturated heterocycles. The third-order valence-corrected chi connectivity index (χ3v) is 6.07. The van der Waals surface area contributed by atoms with Crippen LogP contribution in [0.4, 0.5) is 5.69 Å². The van der Waals surface area contributed by atoms with Crippen LogP contribution in [0.1, 0.15) is 50.4 Å². The van der Waals surface area contributed by atoms with Crippen molar-refractivity contribution in [2.24, 2.45) is 0 Å². The highest BCUT2D eigenvalue weighted by atomic mass is 32.2. The number of carbonyl (C=O) groups is 1. The van der Waals surface area contributed by atoms with E-state index in [2.05, 4.69) is 38.2 Å². The van der Waals surface area contributed by atoms with Crippen LogP contribution in [0, 0.1) is 6.92 Å². The first-order chi connectivity index (χ1) is 13.8. The molecule has 7 heteroatoms. The Kier molecular flexibility index (Phi) is 7.18. The van der Waals surface area contributed by atoms with Crippen LogP contribution in [0.25, 0.3) is 0 Å². The van der Waals surface area contributed by atoms with Gasteiger partial charge >= 0.3 is 0 Å². The van der Waals surface area contributed by atoms with Gasteiger partial charge in [0.15, 0.2) is 0 Å². The maximum atomic E-state index is 12.7. The van der Waals surface area contributed by atoms with Gasteiger partial charge in [0.05, 0.1) is 25.1 Å². The van der Waals surface area contributed by atoms with Gasteiger partial charge in [-0.3, -0.25) is 9.10 Å². The Balaban J connectivity index is 2.20. The van der Waals surface area contributed by atoms with E-state index >= 15 is 0 Å². The second kappa shape index (κ2) is 9.08. The number of rotatable bonds is 7. The highest BCUT2D eigenvalue weighted by Crippen LogP contribution is 2.31. The molecule has 1 N–H and O–H groups in total. The Hall–Kier alpha value is -2.54. The lowest BCUT2D eigenvalue weighted by molar-refractivity contribution is -0.120. The second-order valence-corrected chi connectivity index (χ2v) is 10.5. The molecule has 1 unspecified atom stereocenters. The maximum absolute atomic E-state index is 12.7. The quantitative estimate of drug-likeness (QED) is 0.719. The van der Waals surface area contributed by atoms with Crippen LogP contribution in [0.3, 0.4) is 0 Å². The number of benzene rings is 2. The fourth-order valence-corrected chi connectivity index (χ4v) is 4.00. The predicted molar refractivity (Wildman–Crippen MR) is 122 cm³/mol. The van der Waals surface area contributed by atoms with Gasteiger partial charge in [-0.15, -0.1) is 0 Å². The van der Waals surface area contributed by atoms with Crippen molar-refractivity contribution < 1.29 is 17.9 Å². The first kappa shape index (κ1) is 23.7. The van der Waals surface area contributed by atoms with Crippen molar-refractivity contribution in [3.8, 4) is 5.75 Å². The van der Waals surface area contributed by atoms with Gasteiger partial charge in [0.1, 0.15) is 12.3 Å². The summed E-state index contributed by atoms with van der Waals surface area (Å²) in [5, 5.41) is 2.89. The van der Waals surface area contributed by atoms with Gasteiger partial charge in [-0.25, -0.2) is 8.42 Å². The summed E-state index contributed by atoms with van der Waals surface area (Å²) in [4.78, 5) is 12.7. The number of amides is 1. The summed E-state index contributed by atoms with van der Waals surface area (Å²) in [5.74, 6) is 0.000949. The largest absolute Gasteiger partial charge is 0.495 e. The molecule has 1 amide bonds. The summed E-state index contributed by atoms with van der Waals surface area (Å²) in [5.41, 5.74) is 3.42. The molecule has 0 aliphatic rings. The van der Waals surface area contributed by atoms with Crippen molar-refractivity contribution in [1.82, 2.24) is 5.32 Å². The standard InChI is InChI=1S/C23H32N2O4S/c1-16-8-13-21(29-6)20(14-16)25(30(7,27)28)15-22(26)24-17(2)18-9-11-19(12-10-18)23(3,4)5/h8-14,17H,15H2,1-7H3,(H,24,26). The van der Waals surface area contributed by atoms with E-state index in [1.807, 2.05) is 32.0 Å². The number of nitrogens with zero attached hydrogens (tertiary/aromatic N) is 1. The van der Waals surface area contributed by atoms with E-state index in [0.29, 0.717) is 11.4 Å². The summed E-state index contributed by atoms with van der Waals surface area (Å²) in [6.45, 7) is 9.84. The fraction of sp³-hybridized carbons (Fsp3) is 0.435. The van der Waals surface area contributed by atoms with Crippen LogP contribution in [0.2, 0.25) is 0 Å². The van der Waals surface area contributed by atoms with Crippen molar-refractivity contribution in [2.45, 2.75) is 46.1 Å². The molecule has 0 heterocycles. The minimum absolute atomic E-state index is 0.0495. The Morgan fingerprint density at radius 2 is 1.73 bits per heavy atom. The topological polar surface area (TPSA) is 75.7 Å². The molecule has 2 aromatic rings. The van der Waals surface area contributed by atoms with Crippen LogP contribution in [-0.2, 0) is 20.2 Å². The number of methoxy groups -OCH3 is 1. The van der Waals surface area contributed by atoms with Crippen molar-refractivity contribution >= 4 is 21.6 Å². The fourth-order valence-electron chi connectivity index (χ4n) is 3.15. The average molecular weight is 433 g/mol. The van der Waals surface area contributed by atoms with E-state index in [9.17, 15) is 13.2 Å². The maximum Gasteiger partial charge on any atom is 0.241 e. The number of aryl methyl sites for hydroxylation is 1. The molecule has 0 fully saturated rings. The summed E-state index contributed by atoms with van der Waals surface area (Å²) in [6.07, 6.45) is 1.08. The zero-order valence-corrected chi connectivity index (χ0v) is 19.6. The van der Waals surface area contributed by atoms with Crippen molar-refractivity contribution in [2.75, 3.05) is 24.2 Å². The Labute approximate surface area is 180 Å². The Morgan fingerprint density at radius 3 is 2.23 bits per heavy atom. The molecule has 164 valence electrons. The van der Waals surface area contributed by atoms with Crippen molar-refractivity contribution in [1.29, 1.82) is 0 Å². The third-order valence-electron chi connectivity index (χ3n) is 4.94. The molecule has 0 saturated carbocycles. The van der Waals surface area contributed by atoms with E-state index < -0.39 is 15.9 Å². The summed E-state index contributed by atoms with van der Waals surface area (Å²) in [6, 6.07) is 13.0. The minimum atomic E-state index is -3.69. The van der Waals surface area contributed by atoms with Gasteiger partial charge in [-0.1, -0.05) is 51.1 Å². The van der Waals surface area contributed by atoms with E-state index in [1.54, 1.807) is 12.1 Å². The first-order valence-electron chi connectivity index (χ1n) is 9.85. The van der Waals surface area contributed by atoms with Crippen LogP contribution >= 0.6 is 0 Å². The lowest BCUT2D eigenvalue weighted by Gasteiger charge is -2.25. The van der Waals surface area contributed by atoms with E-state index in [1.165, 1.54) is 12.7 Å². The SMILES string of the molecule is COc1ccc(C)cc1N(CC(=O)NC(C)c1ccc(C(C)(C)C)cc1)S(C)(=O)=O. The number of sulfonamides is 1. The number of ether oxygens (including phenoxy) is 1. The number of hydrogen-bond acceptors (Lipinski definition) is 4. The van der Waals surface area contributed by atoms with Crippen molar-refractivity contribution in [3.05, 3.63) is 59.2 Å². The van der Waals surface area contributed by atoms with E-state index in [0.717, 1.165) is 21.7 Å². The van der Waals surface area contributed by atoms with Crippen LogP contribution < -0.4 is 14.4 Å². The molecule has 0 aliphatic heterocycles. The molecule has 2 rings (SSSR count). The summed E-state index contributed by atoms with van der Waals surface area (Å²) >= 11 is 0. The first-order valence-corrected chi connectivity index (χ1v) is 11.7. The Bertz CT molecular complexity index is 993. The molecule has 30 heavy (non-hydrogen) atoms. The molecule has 0 bridgehead atoms. The average Bonchev–Trinajstić information content (AvgIpc) is 2.64. The molecular formula is C23H32N2O4S. The molecule has 6 nitrogen and oxygen atoms in total. The molecular weight excluding hydrogens is 400 g/mol. The van der Waals surface area contributed by atoms with E-state index in [-0.39, 0.29) is 18.0 Å². The number of anilines is 1. The zero-order valence-electron chi connectivity index (χ0n) is 18.8. The normalized spacial score (nSPS) is 12.9. The van der Waals surface area contributed by atoms with Gasteiger partial charge in [-0.2, -0.15) is 0 Å². The van der Waals surface area contributed by atoms with Crippen LogP contribution in [0.15, 0.2) is 42.5 Å². The second-order valence-electron chi connectivity index (χ2n) is 8.61. The zero-order chi connectivity index (χ0) is 22.7. The smallest absolute Gasteiger partial charge is 0.241 e. The molecule has 0 spiro atoms. The van der Waals surface area contributed by atoms with Gasteiger partial charge < -0.3 is 10.1 Å². The monoisotopic (exact) mass is 432 g/mol. The highest BCUT2D eigenvalue weighted by molar-refractivity contribution is 7.92. The molecule has 0 aliphatic carbocycles. The van der Waals surface area contributed by atoms with Gasteiger partial charge in [-0.05, 0) is 48.1 Å². The summed E-state index contributed by atoms with van der Waals surface area (Å²) < 4.78 is 31.2. The number of carbonyl (C=O) groups excluding carboxylic acids is 1. The lowest BCUT2D eigenvalue weighted by atomic mass is 9.86. The molecule has 0 aromatic heterocycles. The van der Waals surface area contributed by atoms with Gasteiger partial charge in [0, 0.05) is 0 Å². The van der Waals surface area contributed by atoms with Crippen LogP contribution in [0.5, 0.6) is 5.75 Å². The van der Waals surface area contributed by atoms with Crippen LogP contribution in [-0.4, -0.2) is 34.2 Å². The summed E-state index contributed by atoms with van der Waals surface area (Å²) in [7, 11) is -2.22. The minimum Gasteiger partial charge on any atom is -0.495 e. The lowest BCUT2D eigenvalue weighted by Crippen LogP contribution is -2.41. The molecule has 1 atom stereocenters. The molecule has 0 radical (unpaired) electrons. The van der Waals surface area contributed by atoms with Crippen molar-refractivity contribution in [3.63, 3.8) is 0 Å². The van der Waals surface area contributed by atoms with Gasteiger partial charge in [0.25, 0.3) is 0 Å². The predicted octanol–water partition coefficient (Wildman–Crippen LogP) is 3.94. The Morgan fingerprint density at radius 1 is 1.13 bits per heavy atom. The van der Waals surface area contributed by atoms with E-state index in [4.69, 9.17) is 4.74 Å². The highest BCUT2D eigenvalue weighted by Gasteiger charge is 2.25. The number of nitrogens with one attached hydrogen (secondary N) is 1. The molecule has 2 aromatic carbocycles. The van der Waals surface area contributed by atoms with Gasteiger partial charge in [0.2, 0.25) is 15.9 Å². The third kappa shape index (κ3) is 5.98.